The molecule has 2 bridgehead atoms. The highest BCUT2D eigenvalue weighted by atomic mass is 16.5. The summed E-state index contributed by atoms with van der Waals surface area (Å²) in [5.74, 6) is -2.33. The minimum Gasteiger partial charge on any atom is -0.395 e. The van der Waals surface area contributed by atoms with Gasteiger partial charge in [-0.15, -0.1) is 13.2 Å². The molecule has 1 aromatic carbocycles. The van der Waals surface area contributed by atoms with Crippen molar-refractivity contribution in [3.63, 3.8) is 0 Å². The minimum absolute atomic E-state index is 0.00324. The molecule has 0 saturated carbocycles. The average molecular weight is 524 g/mol. The molecule has 3 saturated heterocycles. The highest BCUT2D eigenvalue weighted by Crippen LogP contribution is 2.65. The van der Waals surface area contributed by atoms with E-state index in [0.717, 1.165) is 5.56 Å². The number of carbonyl (C=O) groups excluding carboxylic acids is 3. The third kappa shape index (κ3) is 4.28. The van der Waals surface area contributed by atoms with E-state index in [-0.39, 0.29) is 42.8 Å². The summed E-state index contributed by atoms with van der Waals surface area (Å²) in [6.07, 6.45) is 3.84. The molecule has 1 spiro atoms. The van der Waals surface area contributed by atoms with E-state index in [1.165, 1.54) is 4.90 Å². The highest BCUT2D eigenvalue weighted by Gasteiger charge is 2.80. The summed E-state index contributed by atoms with van der Waals surface area (Å²) >= 11 is 0. The monoisotopic (exact) mass is 523 g/mol. The maximum Gasteiger partial charge on any atom is 0.248 e. The molecule has 3 heterocycles. The van der Waals surface area contributed by atoms with E-state index in [0.29, 0.717) is 26.1 Å². The van der Waals surface area contributed by atoms with Crippen LogP contribution in [-0.2, 0) is 25.7 Å². The van der Waals surface area contributed by atoms with Crippen molar-refractivity contribution in [2.45, 2.75) is 63.9 Å². The lowest BCUT2D eigenvalue weighted by Crippen LogP contribution is -2.58. The van der Waals surface area contributed by atoms with Crippen LogP contribution in [-0.4, -0.2) is 87.1 Å². The van der Waals surface area contributed by atoms with Crippen LogP contribution in [0.1, 0.15) is 39.7 Å². The van der Waals surface area contributed by atoms with E-state index >= 15 is 0 Å². The normalized spacial score (nSPS) is 31.4. The van der Waals surface area contributed by atoms with Gasteiger partial charge in [0, 0.05) is 32.2 Å². The first-order chi connectivity index (χ1) is 18.1. The number of amides is 3. The van der Waals surface area contributed by atoms with Crippen LogP contribution in [0.25, 0.3) is 0 Å². The van der Waals surface area contributed by atoms with Crippen LogP contribution >= 0.6 is 0 Å². The Labute approximate surface area is 225 Å². The molecule has 8 heteroatoms. The minimum atomic E-state index is -1.14. The maximum absolute atomic E-state index is 14.3. The lowest BCUT2D eigenvalue weighted by Gasteiger charge is -2.39. The van der Waals surface area contributed by atoms with Crippen molar-refractivity contribution in [1.29, 1.82) is 0 Å². The molecule has 3 unspecified atom stereocenters. The number of β-amino-alcohol motifs (C(OH)–C–C–N with tert-alkyl or cyclic N) is 1. The van der Waals surface area contributed by atoms with Gasteiger partial charge in [0.2, 0.25) is 17.7 Å². The molecule has 0 radical (unpaired) electrons. The summed E-state index contributed by atoms with van der Waals surface area (Å²) in [5, 5.41) is 9.86. The topological polar surface area (TPSA) is 90.4 Å². The molecule has 3 aliphatic rings. The molecule has 206 valence electrons. The van der Waals surface area contributed by atoms with Crippen molar-refractivity contribution in [2.24, 2.45) is 17.8 Å². The zero-order chi connectivity index (χ0) is 27.8. The van der Waals surface area contributed by atoms with Crippen molar-refractivity contribution in [3.8, 4) is 0 Å². The zero-order valence-electron chi connectivity index (χ0n) is 23.0. The second-order valence-electron chi connectivity index (χ2n) is 11.3. The summed E-state index contributed by atoms with van der Waals surface area (Å²) in [4.78, 5) is 47.4. The van der Waals surface area contributed by atoms with Gasteiger partial charge in [0.15, 0.2) is 0 Å². The molecule has 3 amide bonds. The van der Waals surface area contributed by atoms with Crippen LogP contribution in [0.5, 0.6) is 0 Å². The van der Waals surface area contributed by atoms with Crippen molar-refractivity contribution in [3.05, 3.63) is 61.2 Å². The van der Waals surface area contributed by atoms with Crippen molar-refractivity contribution in [2.75, 3.05) is 26.2 Å². The Morgan fingerprint density at radius 3 is 2.42 bits per heavy atom. The predicted molar refractivity (Wildman–Crippen MR) is 145 cm³/mol. The number of benzene rings is 1. The largest absolute Gasteiger partial charge is 0.395 e. The number of fused-ring (bicyclic) bond motifs is 1. The average Bonchev–Trinajstić information content (AvgIpc) is 3.39. The first-order valence-electron chi connectivity index (χ1n) is 13.5. The van der Waals surface area contributed by atoms with Crippen molar-refractivity contribution < 1.29 is 24.2 Å². The van der Waals surface area contributed by atoms with E-state index in [1.807, 2.05) is 58.0 Å². The standard InChI is InChI=1S/C30H41N3O5/c1-7-14-31(19-22-12-10-9-11-13-22)26(35)23-24-27(36)33(16-17-34)25(28(37)32(15-8-2)20(3)4)30(24)18-21(5)29(23,6)38-30/h7-13,20-21,23-25,34H,1-2,14-19H2,3-6H3/t21?,23-,24-,25?,29+,30?/m0/s1. The number of carbonyl (C=O) groups is 3. The first kappa shape index (κ1) is 28.0. The molecule has 38 heavy (non-hydrogen) atoms. The Hall–Kier alpha value is -2.97. The van der Waals surface area contributed by atoms with Gasteiger partial charge in [-0.1, -0.05) is 49.4 Å². The number of nitrogens with zero attached hydrogens (tertiary/aromatic N) is 3. The number of ether oxygens (including phenoxy) is 1. The van der Waals surface area contributed by atoms with Gasteiger partial charge in [0.1, 0.15) is 11.6 Å². The molecule has 1 N–H and O–H groups in total. The van der Waals surface area contributed by atoms with Gasteiger partial charge in [0.25, 0.3) is 0 Å². The number of aliphatic hydroxyl groups is 1. The number of hydrogen-bond donors (Lipinski definition) is 1. The van der Waals surface area contributed by atoms with Crippen LogP contribution < -0.4 is 0 Å². The summed E-state index contributed by atoms with van der Waals surface area (Å²) < 4.78 is 6.79. The molecular formula is C30H41N3O5. The van der Waals surface area contributed by atoms with E-state index < -0.39 is 29.1 Å². The summed E-state index contributed by atoms with van der Waals surface area (Å²) in [6, 6.07) is 8.67. The zero-order valence-corrected chi connectivity index (χ0v) is 23.0. The summed E-state index contributed by atoms with van der Waals surface area (Å²) in [7, 11) is 0. The van der Waals surface area contributed by atoms with Gasteiger partial charge < -0.3 is 24.5 Å². The fourth-order valence-corrected chi connectivity index (χ4v) is 6.98. The van der Waals surface area contributed by atoms with Gasteiger partial charge >= 0.3 is 0 Å². The van der Waals surface area contributed by atoms with Crippen LogP contribution in [0.2, 0.25) is 0 Å². The molecule has 6 atom stereocenters. The molecule has 3 fully saturated rings. The molecular weight excluding hydrogens is 482 g/mol. The molecule has 8 nitrogen and oxygen atoms in total. The second kappa shape index (κ2) is 10.7. The number of hydrogen-bond acceptors (Lipinski definition) is 5. The molecule has 1 aromatic rings. The Balaban J connectivity index is 1.78. The van der Waals surface area contributed by atoms with Crippen LogP contribution in [0.15, 0.2) is 55.6 Å². The smallest absolute Gasteiger partial charge is 0.248 e. The molecule has 0 aliphatic carbocycles. The lowest BCUT2D eigenvalue weighted by molar-refractivity contribution is -0.156. The first-order valence-corrected chi connectivity index (χ1v) is 13.5. The lowest BCUT2D eigenvalue weighted by atomic mass is 9.62. The fourth-order valence-electron chi connectivity index (χ4n) is 6.98. The van der Waals surface area contributed by atoms with E-state index in [9.17, 15) is 19.5 Å². The number of aliphatic hydroxyl groups excluding tert-OH is 1. The summed E-state index contributed by atoms with van der Waals surface area (Å²) in [5.41, 5.74) is -1.07. The van der Waals surface area contributed by atoms with Gasteiger partial charge in [-0.25, -0.2) is 0 Å². The van der Waals surface area contributed by atoms with Crippen molar-refractivity contribution in [1.82, 2.24) is 14.7 Å². The third-order valence-electron chi connectivity index (χ3n) is 8.77. The van der Waals surface area contributed by atoms with Crippen LogP contribution in [0, 0.1) is 17.8 Å². The van der Waals surface area contributed by atoms with Gasteiger partial charge in [0.05, 0.1) is 24.0 Å². The summed E-state index contributed by atoms with van der Waals surface area (Å²) in [6.45, 7) is 16.2. The molecule has 4 rings (SSSR count). The Morgan fingerprint density at radius 2 is 1.84 bits per heavy atom. The Kier molecular flexibility index (Phi) is 7.86. The SMILES string of the molecule is C=CCN(Cc1ccccc1)C(=O)[C@@H]1[C@H]2C(=O)N(CCO)C(C(=O)N(CC=C)C(C)C)C23CC(C)[C@@]1(C)O3. The molecule has 0 aromatic heterocycles. The number of likely N-dealkylation sites (tertiary alicyclic amines) is 1. The second-order valence-corrected chi connectivity index (χ2v) is 11.3. The van der Waals surface area contributed by atoms with E-state index in [1.54, 1.807) is 22.0 Å². The Bertz CT molecular complexity index is 1090. The third-order valence-corrected chi connectivity index (χ3v) is 8.77. The predicted octanol–water partition coefficient (Wildman–Crippen LogP) is 2.63. The maximum atomic E-state index is 14.3. The van der Waals surface area contributed by atoms with Gasteiger partial charge in [-0.2, -0.15) is 0 Å². The fraction of sp³-hybridized carbons (Fsp3) is 0.567. The van der Waals surface area contributed by atoms with E-state index in [4.69, 9.17) is 4.74 Å². The highest BCUT2D eigenvalue weighted by molar-refractivity contribution is 5.99. The van der Waals surface area contributed by atoms with Gasteiger partial charge in [-0.05, 0) is 38.7 Å². The van der Waals surface area contributed by atoms with Crippen LogP contribution in [0.4, 0.5) is 0 Å². The number of rotatable bonds is 11. The Morgan fingerprint density at radius 1 is 1.18 bits per heavy atom. The molecule has 3 aliphatic heterocycles. The van der Waals surface area contributed by atoms with Crippen molar-refractivity contribution >= 4 is 17.7 Å². The van der Waals surface area contributed by atoms with E-state index in [2.05, 4.69) is 13.2 Å². The van der Waals surface area contributed by atoms with Gasteiger partial charge in [-0.3, -0.25) is 14.4 Å². The quantitative estimate of drug-likeness (QED) is 0.451. The van der Waals surface area contributed by atoms with Crippen LogP contribution in [0.3, 0.4) is 0 Å².